The minimum atomic E-state index is -4.77. The van der Waals surface area contributed by atoms with Crippen molar-refractivity contribution in [3.8, 4) is 0 Å². The van der Waals surface area contributed by atoms with Crippen LogP contribution in [0.1, 0.15) is 130 Å². The minimum Gasteiger partial charge on any atom is -0.343 e. The van der Waals surface area contributed by atoms with Crippen molar-refractivity contribution in [1.29, 1.82) is 0 Å². The summed E-state index contributed by atoms with van der Waals surface area (Å²) in [7, 11) is 11.3. The Kier molecular flexibility index (Phi) is 26.4. The van der Waals surface area contributed by atoms with Crippen LogP contribution in [-0.4, -0.2) is 229 Å². The van der Waals surface area contributed by atoms with E-state index in [4.69, 9.17) is 11.6 Å². The Balaban J connectivity index is 1.57. The molecule has 2 aliphatic carbocycles. The number of carbonyl (C=O) groups is 11. The van der Waals surface area contributed by atoms with Gasteiger partial charge in [0.15, 0.2) is 0 Å². The van der Waals surface area contributed by atoms with Crippen molar-refractivity contribution in [3.63, 3.8) is 0 Å². The normalized spacial score (nSPS) is 25.0. The summed E-state index contributed by atoms with van der Waals surface area (Å²) in [6.45, 7) is 7.35. The average Bonchev–Trinajstić information content (AvgIpc) is 0.945. The van der Waals surface area contributed by atoms with Crippen LogP contribution in [0.2, 0.25) is 5.02 Å². The van der Waals surface area contributed by atoms with Gasteiger partial charge in [-0.05, 0) is 107 Å². The number of alkyl halides is 3. The Bertz CT molecular complexity index is 2960. The van der Waals surface area contributed by atoms with E-state index >= 15 is 4.79 Å². The number of anilines is 1. The van der Waals surface area contributed by atoms with E-state index in [-0.39, 0.29) is 48.8 Å². The van der Waals surface area contributed by atoms with Gasteiger partial charge in [-0.25, -0.2) is 0 Å². The van der Waals surface area contributed by atoms with Crippen LogP contribution in [0, 0.1) is 17.8 Å². The molecule has 7 atom stereocenters. The lowest BCUT2D eigenvalue weighted by molar-refractivity contribution is -0.157. The number of hydrogen-bond donors (Lipinski definition) is 2. The van der Waals surface area contributed by atoms with Gasteiger partial charge in [-0.2, -0.15) is 13.2 Å². The van der Waals surface area contributed by atoms with Crippen LogP contribution >= 0.6 is 11.6 Å². The number of likely N-dealkylation sites (N-methyl/N-ethyl adjacent to an activating group) is 8. The third-order valence-electron chi connectivity index (χ3n) is 19.0. The largest absolute Gasteiger partial charge is 0.417 e. The summed E-state index contributed by atoms with van der Waals surface area (Å²) in [6, 6.07) is 4.40. The highest BCUT2D eigenvalue weighted by Crippen LogP contribution is 2.37. The highest BCUT2D eigenvalue weighted by molar-refractivity contribution is 6.31. The van der Waals surface area contributed by atoms with Gasteiger partial charge in [0.1, 0.15) is 42.3 Å². The fourth-order valence-corrected chi connectivity index (χ4v) is 12.1. The maximum absolute atomic E-state index is 15.3. The summed E-state index contributed by atoms with van der Waals surface area (Å²) in [5.74, 6) is -7.92. The van der Waals surface area contributed by atoms with E-state index in [0.29, 0.717) is 19.3 Å². The summed E-state index contributed by atoms with van der Waals surface area (Å²) in [4.78, 5) is 170. The molecule has 3 fully saturated rings. The molecule has 91 heavy (non-hydrogen) atoms. The molecule has 11 amide bonds. The van der Waals surface area contributed by atoms with E-state index in [2.05, 4.69) is 10.6 Å². The van der Waals surface area contributed by atoms with E-state index in [1.54, 1.807) is 44.2 Å². The van der Waals surface area contributed by atoms with Crippen LogP contribution < -0.4 is 15.5 Å². The monoisotopic (exact) mass is 1300 g/mol. The molecule has 0 unspecified atom stereocenters. The van der Waals surface area contributed by atoms with Gasteiger partial charge in [-0.1, -0.05) is 94.7 Å². The van der Waals surface area contributed by atoms with Crippen molar-refractivity contribution in [2.24, 2.45) is 17.8 Å². The lowest BCUT2D eigenvalue weighted by Gasteiger charge is -2.45. The molecular formula is C65H95ClF3N11O11. The Labute approximate surface area is 538 Å². The number of para-hydroxylation sites is 1. The molecule has 1 saturated heterocycles. The van der Waals surface area contributed by atoms with Crippen LogP contribution in [-0.2, 0) is 65.3 Å². The SMILES string of the molecule is CC[C@H](C)[C@@H]1NC(=O)[C@H](C)N(C)C(=O)C[C@@H](C)N(C)C(=O)[C@H](C2CCC2)N(C)C(=O)C(C)(C)N(C)C(=O)CN(c2ccccc2)C(=O)[C@H](CCc2ccc(C(F)(F)F)c(Cl)c2)NC(=O)CN(C)C(=O)[C@H](CC2CCCCC2)N(C)C(=O)CN(C)C(=O)CN(C)C1=O. The quantitative estimate of drug-likeness (QED) is 0.319. The lowest BCUT2D eigenvalue weighted by atomic mass is 9.78. The second-order valence-electron chi connectivity index (χ2n) is 25.7. The molecule has 2 saturated carbocycles. The first-order valence-electron chi connectivity index (χ1n) is 31.4. The summed E-state index contributed by atoms with van der Waals surface area (Å²) in [5, 5.41) is 4.92. The number of nitrogens with zero attached hydrogens (tertiary/aromatic N) is 9. The summed E-state index contributed by atoms with van der Waals surface area (Å²) in [5.41, 5.74) is -2.30. The number of hydrogen-bond acceptors (Lipinski definition) is 11. The number of nitrogens with one attached hydrogen (secondary N) is 2. The zero-order valence-corrected chi connectivity index (χ0v) is 56.1. The number of aryl methyl sites for hydroxylation is 1. The molecule has 0 spiro atoms. The molecule has 2 aromatic rings. The zero-order chi connectivity index (χ0) is 68.1. The van der Waals surface area contributed by atoms with Crippen LogP contribution in [0.4, 0.5) is 18.9 Å². The molecule has 2 N–H and O–H groups in total. The van der Waals surface area contributed by atoms with Gasteiger partial charge in [0.05, 0.1) is 30.2 Å². The fourth-order valence-electron chi connectivity index (χ4n) is 11.8. The van der Waals surface area contributed by atoms with E-state index in [1.165, 1.54) is 103 Å². The van der Waals surface area contributed by atoms with Crippen molar-refractivity contribution >= 4 is 82.3 Å². The lowest BCUT2D eigenvalue weighted by Crippen LogP contribution is -2.63. The standard InChI is InChI=1S/C65H95ClF3N11O11/c1-15-40(2)56-61(89)74(9)37-53(83)72(7)38-54(84)77(12)50(35-43-23-18-16-19-24-43)60(88)73(8)36-51(81)70-49(32-30-44-29-31-47(48(66)34-44)65(67,68)69)59(87)80(46-27-20-17-21-28-46)39-55(85)79(14)64(5,6)63(91)78(13)57(45-25-22-26-45)62(90)75(10)41(3)33-52(82)76(11)42(4)58(86)71-56/h17,20-21,27-29,31,34,40-43,45,49-50,56-57H,15-16,18-19,22-26,30,32-33,35-39H2,1-14H3,(H,70,81)(H,71,86)/t40-,41+,42-,49-,50-,56-,57-/m0/s1. The molecule has 26 heteroatoms. The van der Waals surface area contributed by atoms with Crippen LogP contribution in [0.3, 0.4) is 0 Å². The summed E-state index contributed by atoms with van der Waals surface area (Å²) < 4.78 is 41.5. The predicted octanol–water partition coefficient (Wildman–Crippen LogP) is 5.47. The number of halogens is 4. The maximum atomic E-state index is 15.3. The fraction of sp³-hybridized carbons (Fsp3) is 0.646. The van der Waals surface area contributed by atoms with Gasteiger partial charge in [0, 0.05) is 74.5 Å². The van der Waals surface area contributed by atoms with Gasteiger partial charge < -0.3 is 54.7 Å². The number of rotatable bonds is 9. The highest BCUT2D eigenvalue weighted by Gasteiger charge is 2.47. The summed E-state index contributed by atoms with van der Waals surface area (Å²) >= 11 is 6.13. The topological polar surface area (TPSA) is 241 Å². The predicted molar refractivity (Wildman–Crippen MR) is 337 cm³/mol. The van der Waals surface area contributed by atoms with E-state index in [9.17, 15) is 61.1 Å². The molecule has 0 bridgehead atoms. The Morgan fingerprint density at radius 2 is 1.24 bits per heavy atom. The van der Waals surface area contributed by atoms with Crippen molar-refractivity contribution in [1.82, 2.24) is 49.8 Å². The van der Waals surface area contributed by atoms with Crippen molar-refractivity contribution in [2.75, 3.05) is 87.5 Å². The van der Waals surface area contributed by atoms with Gasteiger partial charge in [0.25, 0.3) is 0 Å². The number of amides is 11. The molecular weight excluding hydrogens is 1200 g/mol. The number of benzene rings is 2. The first kappa shape index (κ1) is 74.4. The van der Waals surface area contributed by atoms with Crippen LogP contribution in [0.5, 0.6) is 0 Å². The molecule has 1 aliphatic heterocycles. The molecule has 2 aromatic carbocycles. The Morgan fingerprint density at radius 3 is 1.81 bits per heavy atom. The van der Waals surface area contributed by atoms with Crippen LogP contribution in [0.15, 0.2) is 48.5 Å². The van der Waals surface area contributed by atoms with Crippen molar-refractivity contribution in [3.05, 3.63) is 64.7 Å². The third-order valence-corrected chi connectivity index (χ3v) is 19.3. The van der Waals surface area contributed by atoms with Crippen LogP contribution in [0.25, 0.3) is 0 Å². The molecule has 0 radical (unpaired) electrons. The average molecular weight is 1300 g/mol. The van der Waals surface area contributed by atoms with Gasteiger partial charge in [-0.3, -0.25) is 52.7 Å². The molecule has 504 valence electrons. The molecule has 3 aliphatic rings. The second kappa shape index (κ2) is 32.3. The van der Waals surface area contributed by atoms with Gasteiger partial charge in [-0.15, -0.1) is 0 Å². The smallest absolute Gasteiger partial charge is 0.343 e. The van der Waals surface area contributed by atoms with Crippen molar-refractivity contribution < 1.29 is 65.9 Å². The third kappa shape index (κ3) is 18.9. The molecule has 0 aromatic heterocycles. The summed E-state index contributed by atoms with van der Waals surface area (Å²) in [6.07, 6.45) is 1.59. The Hall–Kier alpha value is -7.31. The van der Waals surface area contributed by atoms with Gasteiger partial charge in [0.2, 0.25) is 65.0 Å². The zero-order valence-electron chi connectivity index (χ0n) is 55.4. The Morgan fingerprint density at radius 1 is 0.637 bits per heavy atom. The van der Waals surface area contributed by atoms with E-state index in [1.807, 2.05) is 6.92 Å². The minimum absolute atomic E-state index is 0.0167. The second-order valence-corrected chi connectivity index (χ2v) is 26.2. The highest BCUT2D eigenvalue weighted by atomic mass is 35.5. The number of carbonyl (C=O) groups excluding carboxylic acids is 11. The van der Waals surface area contributed by atoms with E-state index in [0.717, 1.165) is 75.2 Å². The van der Waals surface area contributed by atoms with Gasteiger partial charge >= 0.3 is 6.18 Å². The first-order chi connectivity index (χ1) is 42.5. The molecule has 1 heterocycles. The first-order valence-corrected chi connectivity index (χ1v) is 31.8. The molecule has 5 rings (SSSR count). The molecule has 22 nitrogen and oxygen atoms in total. The van der Waals surface area contributed by atoms with E-state index < -0.39 is 156 Å². The van der Waals surface area contributed by atoms with Crippen molar-refractivity contribution in [2.45, 2.75) is 173 Å². The maximum Gasteiger partial charge on any atom is 0.417 e.